The molecule has 1 aromatic rings. The van der Waals surface area contributed by atoms with Gasteiger partial charge in [0, 0.05) is 11.2 Å². The molecule has 1 rings (SSSR count). The zero-order valence-electron chi connectivity index (χ0n) is 8.99. The van der Waals surface area contributed by atoms with Crippen molar-refractivity contribution in [2.75, 3.05) is 5.75 Å². The first-order chi connectivity index (χ1) is 7.02. The van der Waals surface area contributed by atoms with Gasteiger partial charge in [-0.15, -0.1) is 10.2 Å². The summed E-state index contributed by atoms with van der Waals surface area (Å²) in [6.45, 7) is 4.01. The largest absolute Gasteiger partial charge is 0.387 e. The summed E-state index contributed by atoms with van der Waals surface area (Å²) in [6.07, 6.45) is 1.98. The van der Waals surface area contributed by atoms with E-state index in [4.69, 9.17) is 11.1 Å². The molecule has 1 aromatic heterocycles. The molecule has 0 aliphatic rings. The van der Waals surface area contributed by atoms with Crippen molar-refractivity contribution in [1.29, 1.82) is 5.41 Å². The molecule has 3 N–H and O–H groups in total. The Morgan fingerprint density at radius 2 is 2.40 bits per heavy atom. The van der Waals surface area contributed by atoms with E-state index in [-0.39, 0.29) is 11.3 Å². The lowest BCUT2D eigenvalue weighted by molar-refractivity contribution is 0.464. The van der Waals surface area contributed by atoms with Crippen LogP contribution in [0.15, 0.2) is 9.85 Å². The van der Waals surface area contributed by atoms with Crippen molar-refractivity contribution in [1.82, 2.24) is 10.2 Å². The van der Waals surface area contributed by atoms with Crippen LogP contribution in [-0.2, 0) is 0 Å². The molecule has 0 bridgehead atoms. The number of amidine groups is 1. The molecule has 4 nitrogen and oxygen atoms in total. The Morgan fingerprint density at radius 3 is 2.93 bits per heavy atom. The molecule has 0 aromatic carbocycles. The van der Waals surface area contributed by atoms with Gasteiger partial charge in [-0.2, -0.15) is 0 Å². The van der Waals surface area contributed by atoms with Crippen LogP contribution in [0, 0.1) is 10.8 Å². The number of nitrogens with two attached hydrogens (primary N) is 1. The molecule has 0 atom stereocenters. The molecule has 0 aliphatic carbocycles. The molecule has 0 aliphatic heterocycles. The Balaban J connectivity index is 2.19. The molecule has 0 saturated carbocycles. The second kappa shape index (κ2) is 5.46. The highest BCUT2D eigenvalue weighted by atomic mass is 32.2. The van der Waals surface area contributed by atoms with Crippen LogP contribution in [0.2, 0.25) is 0 Å². The van der Waals surface area contributed by atoms with Crippen molar-refractivity contribution in [3.63, 3.8) is 0 Å². The monoisotopic (exact) mass is 244 g/mol. The molecule has 1 heterocycles. The van der Waals surface area contributed by atoms with Crippen LogP contribution in [-0.4, -0.2) is 21.8 Å². The Hall–Kier alpha value is -0.620. The average molecular weight is 244 g/mol. The van der Waals surface area contributed by atoms with Crippen LogP contribution >= 0.6 is 23.1 Å². The zero-order valence-corrected chi connectivity index (χ0v) is 10.6. The van der Waals surface area contributed by atoms with E-state index in [1.165, 1.54) is 0 Å². The fourth-order valence-electron chi connectivity index (χ4n) is 1.03. The first-order valence-electron chi connectivity index (χ1n) is 4.76. The number of thioether (sulfide) groups is 1. The van der Waals surface area contributed by atoms with Crippen LogP contribution in [0.3, 0.4) is 0 Å². The van der Waals surface area contributed by atoms with E-state index in [9.17, 15) is 0 Å². The third kappa shape index (κ3) is 4.17. The smallest absolute Gasteiger partial charge is 0.174 e. The Labute approximate surface area is 98.2 Å². The van der Waals surface area contributed by atoms with Gasteiger partial charge in [0.25, 0.3) is 0 Å². The predicted octanol–water partition coefficient (Wildman–Crippen LogP) is 2.37. The molecular weight excluding hydrogens is 228 g/mol. The first-order valence-corrected chi connectivity index (χ1v) is 6.62. The van der Waals surface area contributed by atoms with Gasteiger partial charge in [0.2, 0.25) is 0 Å². The fourth-order valence-corrected chi connectivity index (χ4v) is 2.53. The molecule has 0 spiro atoms. The van der Waals surface area contributed by atoms with Crippen LogP contribution in [0.4, 0.5) is 0 Å². The van der Waals surface area contributed by atoms with Crippen molar-refractivity contribution >= 4 is 28.9 Å². The minimum Gasteiger partial charge on any atom is -0.387 e. The van der Waals surface area contributed by atoms with E-state index in [2.05, 4.69) is 10.2 Å². The highest BCUT2D eigenvalue weighted by molar-refractivity contribution is 8.00. The first kappa shape index (κ1) is 12.4. The van der Waals surface area contributed by atoms with Crippen LogP contribution in [0.25, 0.3) is 0 Å². The predicted molar refractivity (Wildman–Crippen MR) is 65.6 cm³/mol. The molecular formula is C9H16N4S2. The van der Waals surface area contributed by atoms with Gasteiger partial charge in [0.15, 0.2) is 4.34 Å². The molecule has 0 radical (unpaired) electrons. The van der Waals surface area contributed by atoms with Crippen molar-refractivity contribution in [3.05, 3.63) is 5.51 Å². The van der Waals surface area contributed by atoms with E-state index in [0.717, 1.165) is 22.9 Å². The van der Waals surface area contributed by atoms with E-state index in [1.807, 2.05) is 13.8 Å². The van der Waals surface area contributed by atoms with E-state index >= 15 is 0 Å². The van der Waals surface area contributed by atoms with Gasteiger partial charge in [-0.3, -0.25) is 5.41 Å². The number of hydrogen-bond donors (Lipinski definition) is 2. The summed E-state index contributed by atoms with van der Waals surface area (Å²) in [5.41, 5.74) is 7.06. The molecule has 6 heteroatoms. The topological polar surface area (TPSA) is 75.7 Å². The van der Waals surface area contributed by atoms with Crippen molar-refractivity contribution in [3.8, 4) is 0 Å². The summed E-state index contributed by atoms with van der Waals surface area (Å²) < 4.78 is 1.01. The average Bonchev–Trinajstić information content (AvgIpc) is 2.64. The molecule has 0 fully saturated rings. The van der Waals surface area contributed by atoms with Gasteiger partial charge < -0.3 is 5.73 Å². The number of nitrogens with one attached hydrogen (secondary N) is 1. The standard InChI is InChI=1S/C9H16N4S2/c1-9(2,7(10)11)4-3-5-14-8-13-12-6-15-8/h6H,3-5H2,1-2H3,(H3,10,11). The maximum atomic E-state index is 7.42. The van der Waals surface area contributed by atoms with Crippen LogP contribution in [0.5, 0.6) is 0 Å². The summed E-state index contributed by atoms with van der Waals surface area (Å²) in [7, 11) is 0. The number of aromatic nitrogens is 2. The summed E-state index contributed by atoms with van der Waals surface area (Å²) in [5.74, 6) is 1.27. The quantitative estimate of drug-likeness (QED) is 0.348. The molecule has 0 amide bonds. The van der Waals surface area contributed by atoms with Crippen LogP contribution in [0.1, 0.15) is 26.7 Å². The van der Waals surface area contributed by atoms with Gasteiger partial charge in [0.05, 0.1) is 5.84 Å². The minimum atomic E-state index is -0.179. The number of nitrogens with zero attached hydrogens (tertiary/aromatic N) is 2. The molecule has 15 heavy (non-hydrogen) atoms. The number of hydrogen-bond acceptors (Lipinski definition) is 5. The zero-order chi connectivity index (χ0) is 11.3. The third-order valence-electron chi connectivity index (χ3n) is 2.24. The lowest BCUT2D eigenvalue weighted by atomic mass is 9.87. The summed E-state index contributed by atoms with van der Waals surface area (Å²) in [6, 6.07) is 0. The van der Waals surface area contributed by atoms with Crippen LogP contribution < -0.4 is 5.73 Å². The van der Waals surface area contributed by atoms with Gasteiger partial charge in [-0.25, -0.2) is 0 Å². The summed E-state index contributed by atoms with van der Waals surface area (Å²) in [4.78, 5) is 0. The number of rotatable bonds is 6. The maximum absolute atomic E-state index is 7.42. The van der Waals surface area contributed by atoms with Crippen molar-refractivity contribution in [2.24, 2.45) is 11.1 Å². The third-order valence-corrected chi connectivity index (χ3v) is 4.19. The van der Waals surface area contributed by atoms with E-state index in [1.54, 1.807) is 28.6 Å². The molecule has 0 saturated heterocycles. The second-order valence-corrected chi connectivity index (χ2v) is 6.13. The summed E-state index contributed by atoms with van der Waals surface area (Å²) in [5, 5.41) is 15.1. The summed E-state index contributed by atoms with van der Waals surface area (Å²) >= 11 is 3.27. The Kier molecular flexibility index (Phi) is 4.53. The minimum absolute atomic E-state index is 0.179. The molecule has 84 valence electrons. The fraction of sp³-hybridized carbons (Fsp3) is 0.667. The lowest BCUT2D eigenvalue weighted by Gasteiger charge is -2.22. The van der Waals surface area contributed by atoms with E-state index < -0.39 is 0 Å². The van der Waals surface area contributed by atoms with Crippen molar-refractivity contribution < 1.29 is 0 Å². The van der Waals surface area contributed by atoms with Gasteiger partial charge in [-0.1, -0.05) is 36.9 Å². The molecule has 0 unspecified atom stereocenters. The lowest BCUT2D eigenvalue weighted by Crippen LogP contribution is -2.30. The Bertz CT molecular complexity index is 308. The Morgan fingerprint density at radius 1 is 1.67 bits per heavy atom. The van der Waals surface area contributed by atoms with Gasteiger partial charge in [0.1, 0.15) is 5.51 Å². The van der Waals surface area contributed by atoms with E-state index in [0.29, 0.717) is 0 Å². The highest BCUT2D eigenvalue weighted by Crippen LogP contribution is 2.25. The normalized spacial score (nSPS) is 11.6. The van der Waals surface area contributed by atoms with Crippen molar-refractivity contribution in [2.45, 2.75) is 31.0 Å². The van der Waals surface area contributed by atoms with Gasteiger partial charge >= 0.3 is 0 Å². The maximum Gasteiger partial charge on any atom is 0.174 e. The second-order valence-electron chi connectivity index (χ2n) is 3.95. The highest BCUT2D eigenvalue weighted by Gasteiger charge is 2.20. The SMILES string of the molecule is CC(C)(CCCSc1nncs1)C(=N)N. The van der Waals surface area contributed by atoms with Gasteiger partial charge in [-0.05, 0) is 12.8 Å².